The smallest absolute Gasteiger partial charge is 0.326 e. The summed E-state index contributed by atoms with van der Waals surface area (Å²) in [5.74, 6) is -1.35. The summed E-state index contributed by atoms with van der Waals surface area (Å²) in [6, 6.07) is 15.4. The fraction of sp³-hybridized carbons (Fsp3) is 0.469. The minimum atomic E-state index is -1.03. The zero-order chi connectivity index (χ0) is 30.9. The minimum Gasteiger partial charge on any atom is -0.480 e. The van der Waals surface area contributed by atoms with E-state index in [1.54, 1.807) is 0 Å². The average molecular weight is 626 g/mol. The number of aryl methyl sites for hydroxylation is 1. The molecule has 0 unspecified atom stereocenters. The molecule has 0 bridgehead atoms. The standard InChI is InChI=1S/C32H39N3O6S2/c1-34(2)19-9-16-28(36)43-32(41)31(40)42-27(18-17-21-10-4-3-5-11-21)33-24-20-22-12-6-7-13-23(22)25-14-8-15-26(30(38)39)35(25)29(24)37/h3-7,10-13,24-27,33H,8-9,14-20H2,1-2H3,(H,38,39)/t24-,25+,26-,27-/m1/s1. The SMILES string of the molecule is CN(C)CCCC(=O)SC(=O)C(=O)S[C@H](CCc1ccccc1)N[C@@H]1Cc2ccccc2[C@@H]2CCC[C@H](C(=O)O)N2C1=O. The second-order valence-corrected chi connectivity index (χ2v) is 13.5. The van der Waals surface area contributed by atoms with Gasteiger partial charge in [0.2, 0.25) is 5.91 Å². The van der Waals surface area contributed by atoms with Gasteiger partial charge in [0.15, 0.2) is 5.12 Å². The summed E-state index contributed by atoms with van der Waals surface area (Å²) in [5, 5.41) is 10.8. The predicted octanol–water partition coefficient (Wildman–Crippen LogP) is 4.05. The molecule has 1 amide bonds. The van der Waals surface area contributed by atoms with Crippen LogP contribution in [0.1, 0.15) is 61.3 Å². The van der Waals surface area contributed by atoms with E-state index in [2.05, 4.69) is 5.32 Å². The van der Waals surface area contributed by atoms with Crippen LogP contribution in [0.15, 0.2) is 54.6 Å². The number of amides is 1. The Morgan fingerprint density at radius 2 is 1.74 bits per heavy atom. The molecule has 2 aromatic carbocycles. The van der Waals surface area contributed by atoms with Crippen molar-refractivity contribution in [3.05, 3.63) is 71.3 Å². The number of hydrogen-bond acceptors (Lipinski definition) is 9. The number of benzene rings is 2. The Morgan fingerprint density at radius 1 is 1.02 bits per heavy atom. The van der Waals surface area contributed by atoms with E-state index >= 15 is 0 Å². The molecule has 9 nitrogen and oxygen atoms in total. The van der Waals surface area contributed by atoms with E-state index in [0.717, 1.165) is 28.5 Å². The van der Waals surface area contributed by atoms with Crippen LogP contribution in [0.4, 0.5) is 0 Å². The number of thioether (sulfide) groups is 2. The molecule has 2 heterocycles. The summed E-state index contributed by atoms with van der Waals surface area (Å²) < 4.78 is 0. The first kappa shape index (κ1) is 32.9. The van der Waals surface area contributed by atoms with Crippen LogP contribution in [-0.4, -0.2) is 80.2 Å². The van der Waals surface area contributed by atoms with Crippen LogP contribution >= 0.6 is 23.5 Å². The Bertz CT molecular complexity index is 1320. The minimum absolute atomic E-state index is 0.194. The molecule has 4 atom stereocenters. The van der Waals surface area contributed by atoms with Gasteiger partial charge in [-0.15, -0.1) is 0 Å². The number of nitrogens with one attached hydrogen (secondary N) is 1. The summed E-state index contributed by atoms with van der Waals surface area (Å²) in [7, 11) is 3.80. The van der Waals surface area contributed by atoms with Gasteiger partial charge >= 0.3 is 5.97 Å². The van der Waals surface area contributed by atoms with E-state index in [-0.39, 0.29) is 23.5 Å². The Labute approximate surface area is 261 Å². The number of carboxylic acids is 1. The lowest BCUT2D eigenvalue weighted by Crippen LogP contribution is -2.56. The predicted molar refractivity (Wildman–Crippen MR) is 168 cm³/mol. The molecule has 230 valence electrons. The van der Waals surface area contributed by atoms with Gasteiger partial charge in [-0.25, -0.2) is 4.79 Å². The lowest BCUT2D eigenvalue weighted by molar-refractivity contribution is -0.156. The number of carbonyl (C=O) groups is 5. The second-order valence-electron chi connectivity index (χ2n) is 11.3. The lowest BCUT2D eigenvalue weighted by atomic mass is 9.89. The van der Waals surface area contributed by atoms with Crippen molar-refractivity contribution in [3.63, 3.8) is 0 Å². The van der Waals surface area contributed by atoms with Gasteiger partial charge in [-0.05, 0) is 94.0 Å². The van der Waals surface area contributed by atoms with Gasteiger partial charge in [0.1, 0.15) is 6.04 Å². The molecular weight excluding hydrogens is 587 g/mol. The molecule has 2 aliphatic heterocycles. The van der Waals surface area contributed by atoms with Gasteiger partial charge in [-0.1, -0.05) is 66.4 Å². The molecule has 11 heteroatoms. The summed E-state index contributed by atoms with van der Waals surface area (Å²) in [6.07, 6.45) is 3.91. The molecule has 0 aliphatic carbocycles. The van der Waals surface area contributed by atoms with Crippen molar-refractivity contribution in [2.24, 2.45) is 0 Å². The highest BCUT2D eigenvalue weighted by atomic mass is 32.2. The van der Waals surface area contributed by atoms with Crippen molar-refractivity contribution < 1.29 is 29.1 Å². The van der Waals surface area contributed by atoms with E-state index in [1.807, 2.05) is 73.6 Å². The van der Waals surface area contributed by atoms with Gasteiger partial charge in [0.25, 0.3) is 10.2 Å². The lowest BCUT2D eigenvalue weighted by Gasteiger charge is -2.41. The molecule has 0 saturated carbocycles. The van der Waals surface area contributed by atoms with E-state index in [4.69, 9.17) is 0 Å². The Balaban J connectivity index is 1.53. The van der Waals surface area contributed by atoms with Gasteiger partial charge < -0.3 is 14.9 Å². The van der Waals surface area contributed by atoms with Crippen LogP contribution in [0.3, 0.4) is 0 Å². The third-order valence-electron chi connectivity index (χ3n) is 7.84. The first-order chi connectivity index (χ1) is 20.6. The van der Waals surface area contributed by atoms with Crippen LogP contribution in [0.25, 0.3) is 0 Å². The van der Waals surface area contributed by atoms with Gasteiger partial charge in [-0.3, -0.25) is 24.5 Å². The summed E-state index contributed by atoms with van der Waals surface area (Å²) in [5.41, 5.74) is 2.95. The zero-order valence-electron chi connectivity index (χ0n) is 24.6. The molecule has 2 aromatic rings. The van der Waals surface area contributed by atoms with Crippen molar-refractivity contribution in [2.75, 3.05) is 20.6 Å². The van der Waals surface area contributed by atoms with E-state index in [0.29, 0.717) is 63.3 Å². The molecule has 4 rings (SSSR count). The second kappa shape index (κ2) is 15.7. The van der Waals surface area contributed by atoms with Crippen LogP contribution < -0.4 is 5.32 Å². The molecule has 2 aliphatic rings. The maximum absolute atomic E-state index is 14.1. The number of nitrogens with zero attached hydrogens (tertiary/aromatic N) is 2. The molecule has 1 fully saturated rings. The van der Waals surface area contributed by atoms with E-state index in [9.17, 15) is 29.1 Å². The van der Waals surface area contributed by atoms with Crippen LogP contribution in [0, 0.1) is 0 Å². The normalized spacial score (nSPS) is 20.6. The molecule has 0 spiro atoms. The van der Waals surface area contributed by atoms with Crippen molar-refractivity contribution in [1.29, 1.82) is 0 Å². The van der Waals surface area contributed by atoms with Crippen molar-refractivity contribution in [1.82, 2.24) is 15.1 Å². The number of aliphatic carboxylic acids is 1. The maximum Gasteiger partial charge on any atom is 0.326 e. The highest BCUT2D eigenvalue weighted by Gasteiger charge is 2.44. The fourth-order valence-electron chi connectivity index (χ4n) is 5.77. The zero-order valence-corrected chi connectivity index (χ0v) is 26.2. The third-order valence-corrected chi connectivity index (χ3v) is 9.82. The Hall–Kier alpha value is -2.99. The summed E-state index contributed by atoms with van der Waals surface area (Å²) >= 11 is 1.24. The first-order valence-electron chi connectivity index (χ1n) is 14.7. The number of hydrogen-bond donors (Lipinski definition) is 2. The highest BCUT2D eigenvalue weighted by Crippen LogP contribution is 2.39. The fourth-order valence-corrected chi connectivity index (χ4v) is 7.40. The monoisotopic (exact) mass is 625 g/mol. The average Bonchev–Trinajstić information content (AvgIpc) is 3.10. The van der Waals surface area contributed by atoms with Gasteiger partial charge in [-0.2, -0.15) is 0 Å². The molecular formula is C32H39N3O6S2. The number of carboxylic acid groups (broad SMARTS) is 1. The largest absolute Gasteiger partial charge is 0.480 e. The van der Waals surface area contributed by atoms with Crippen LogP contribution in [0.2, 0.25) is 0 Å². The molecule has 0 aromatic heterocycles. The van der Waals surface area contributed by atoms with Crippen molar-refractivity contribution >= 4 is 50.7 Å². The topological polar surface area (TPSA) is 124 Å². The quantitative estimate of drug-likeness (QED) is 0.279. The van der Waals surface area contributed by atoms with E-state index < -0.39 is 33.7 Å². The summed E-state index contributed by atoms with van der Waals surface area (Å²) in [6.45, 7) is 0.702. The van der Waals surface area contributed by atoms with Crippen LogP contribution in [0.5, 0.6) is 0 Å². The molecule has 0 radical (unpaired) electrons. The molecule has 43 heavy (non-hydrogen) atoms. The molecule has 1 saturated heterocycles. The number of carbonyl (C=O) groups excluding carboxylic acids is 4. The Kier molecular flexibility index (Phi) is 12.0. The number of piperidine rings is 1. The Morgan fingerprint density at radius 3 is 2.47 bits per heavy atom. The van der Waals surface area contributed by atoms with Crippen LogP contribution in [-0.2, 0) is 36.8 Å². The third kappa shape index (κ3) is 9.01. The maximum atomic E-state index is 14.1. The highest BCUT2D eigenvalue weighted by molar-refractivity contribution is 8.32. The molecule has 2 N–H and O–H groups in total. The first-order valence-corrected chi connectivity index (χ1v) is 16.4. The van der Waals surface area contributed by atoms with E-state index in [1.165, 1.54) is 4.90 Å². The van der Waals surface area contributed by atoms with Crippen molar-refractivity contribution in [2.45, 2.75) is 74.9 Å². The van der Waals surface area contributed by atoms with Gasteiger partial charge in [0.05, 0.1) is 17.5 Å². The summed E-state index contributed by atoms with van der Waals surface area (Å²) in [4.78, 5) is 67.9. The van der Waals surface area contributed by atoms with Crippen molar-refractivity contribution in [3.8, 4) is 0 Å². The number of fused-ring (bicyclic) bond motifs is 3. The number of rotatable bonds is 11. The van der Waals surface area contributed by atoms with Gasteiger partial charge in [0, 0.05) is 6.42 Å².